The number of non-ortho nitro benzene ring substituents is 1. The van der Waals surface area contributed by atoms with Gasteiger partial charge < -0.3 is 21.1 Å². The molecule has 1 aromatic heterocycles. The first-order valence-electron chi connectivity index (χ1n) is 8.94. The van der Waals surface area contributed by atoms with Gasteiger partial charge in [0, 0.05) is 37.5 Å². The van der Waals surface area contributed by atoms with Gasteiger partial charge in [-0.25, -0.2) is 9.97 Å². The zero-order valence-corrected chi connectivity index (χ0v) is 15.4. The summed E-state index contributed by atoms with van der Waals surface area (Å²) in [6.07, 6.45) is -0.509. The molecule has 0 saturated heterocycles. The van der Waals surface area contributed by atoms with Crippen LogP contribution in [-0.4, -0.2) is 45.7 Å². The maximum absolute atomic E-state index is 10.7. The molecule has 0 bridgehead atoms. The smallest absolute Gasteiger partial charge is 0.269 e. The standard InChI is InChI=1S/C19H22N6O3/c1-13(26)12-22-19-18(23-16-4-2-3-5-17(16)24-19)21-11-10-20-14-6-8-15(9-7-14)25(27)28/h2-9,13,20,26H,10-12H2,1H3,(H,21,23)(H,22,24). The number of hydrogen-bond acceptors (Lipinski definition) is 8. The Balaban J connectivity index is 1.63. The highest BCUT2D eigenvalue weighted by molar-refractivity contribution is 5.80. The average molecular weight is 382 g/mol. The molecule has 0 aliphatic rings. The first kappa shape index (κ1) is 19.3. The van der Waals surface area contributed by atoms with E-state index in [1.807, 2.05) is 24.3 Å². The molecule has 1 heterocycles. The third kappa shape index (κ3) is 5.04. The third-order valence-electron chi connectivity index (χ3n) is 3.96. The lowest BCUT2D eigenvalue weighted by atomic mass is 10.3. The number of aliphatic hydroxyl groups excluding tert-OH is 1. The predicted octanol–water partition coefficient (Wildman–Crippen LogP) is 2.85. The predicted molar refractivity (Wildman–Crippen MR) is 110 cm³/mol. The van der Waals surface area contributed by atoms with Gasteiger partial charge in [0.05, 0.1) is 22.1 Å². The molecular formula is C19H22N6O3. The molecule has 3 aromatic rings. The van der Waals surface area contributed by atoms with Crippen molar-refractivity contribution in [3.63, 3.8) is 0 Å². The van der Waals surface area contributed by atoms with Gasteiger partial charge in [-0.15, -0.1) is 0 Å². The van der Waals surface area contributed by atoms with Gasteiger partial charge in [-0.05, 0) is 31.2 Å². The van der Waals surface area contributed by atoms with E-state index in [0.29, 0.717) is 31.3 Å². The van der Waals surface area contributed by atoms with E-state index in [0.717, 1.165) is 16.7 Å². The summed E-state index contributed by atoms with van der Waals surface area (Å²) in [7, 11) is 0. The molecule has 9 nitrogen and oxygen atoms in total. The van der Waals surface area contributed by atoms with Crippen LogP contribution in [0.4, 0.5) is 23.0 Å². The Kier molecular flexibility index (Phi) is 6.18. The second-order valence-corrected chi connectivity index (χ2v) is 6.30. The van der Waals surface area contributed by atoms with Crippen molar-refractivity contribution in [2.75, 3.05) is 35.6 Å². The van der Waals surface area contributed by atoms with Crippen LogP contribution in [0.1, 0.15) is 6.92 Å². The fourth-order valence-electron chi connectivity index (χ4n) is 2.58. The number of rotatable bonds is 9. The molecule has 9 heteroatoms. The Morgan fingerprint density at radius 1 is 0.964 bits per heavy atom. The second-order valence-electron chi connectivity index (χ2n) is 6.30. The van der Waals surface area contributed by atoms with E-state index in [1.54, 1.807) is 19.1 Å². The molecule has 2 aromatic carbocycles. The zero-order valence-electron chi connectivity index (χ0n) is 15.4. The van der Waals surface area contributed by atoms with Crippen LogP contribution in [0, 0.1) is 10.1 Å². The molecule has 0 spiro atoms. The van der Waals surface area contributed by atoms with Crippen molar-refractivity contribution in [2.45, 2.75) is 13.0 Å². The van der Waals surface area contributed by atoms with E-state index in [2.05, 4.69) is 25.9 Å². The number of benzene rings is 2. The maximum atomic E-state index is 10.7. The molecule has 0 aliphatic heterocycles. The summed E-state index contributed by atoms with van der Waals surface area (Å²) < 4.78 is 0. The summed E-state index contributed by atoms with van der Waals surface area (Å²) in [6, 6.07) is 13.8. The Labute approximate surface area is 162 Å². The van der Waals surface area contributed by atoms with Crippen LogP contribution in [0.2, 0.25) is 0 Å². The fourth-order valence-corrected chi connectivity index (χ4v) is 2.58. The van der Waals surface area contributed by atoms with Crippen molar-refractivity contribution in [3.8, 4) is 0 Å². The number of nitro groups is 1. The van der Waals surface area contributed by atoms with Crippen molar-refractivity contribution >= 4 is 34.0 Å². The topological polar surface area (TPSA) is 125 Å². The van der Waals surface area contributed by atoms with Gasteiger partial charge in [0.1, 0.15) is 0 Å². The molecule has 0 fully saturated rings. The monoisotopic (exact) mass is 382 g/mol. The molecular weight excluding hydrogens is 360 g/mol. The third-order valence-corrected chi connectivity index (χ3v) is 3.96. The van der Waals surface area contributed by atoms with E-state index in [1.165, 1.54) is 12.1 Å². The number of aromatic nitrogens is 2. The minimum atomic E-state index is -0.509. The van der Waals surface area contributed by atoms with Gasteiger partial charge in [0.15, 0.2) is 11.6 Å². The number of hydrogen-bond donors (Lipinski definition) is 4. The molecule has 28 heavy (non-hydrogen) atoms. The number of fused-ring (bicyclic) bond motifs is 1. The van der Waals surface area contributed by atoms with Crippen LogP contribution in [0.5, 0.6) is 0 Å². The van der Waals surface area contributed by atoms with Gasteiger partial charge in [-0.3, -0.25) is 10.1 Å². The minimum Gasteiger partial charge on any atom is -0.392 e. The summed E-state index contributed by atoms with van der Waals surface area (Å²) in [5, 5.41) is 29.8. The highest BCUT2D eigenvalue weighted by atomic mass is 16.6. The molecule has 0 radical (unpaired) electrons. The van der Waals surface area contributed by atoms with Crippen LogP contribution in [-0.2, 0) is 0 Å². The van der Waals surface area contributed by atoms with Crippen LogP contribution < -0.4 is 16.0 Å². The Morgan fingerprint density at radius 3 is 2.11 bits per heavy atom. The number of anilines is 3. The number of nitrogens with one attached hydrogen (secondary N) is 3. The van der Waals surface area contributed by atoms with E-state index >= 15 is 0 Å². The molecule has 4 N–H and O–H groups in total. The summed E-state index contributed by atoms with van der Waals surface area (Å²) in [4.78, 5) is 19.5. The van der Waals surface area contributed by atoms with Gasteiger partial charge in [-0.2, -0.15) is 0 Å². The van der Waals surface area contributed by atoms with Crippen LogP contribution in [0.3, 0.4) is 0 Å². The SMILES string of the molecule is CC(O)CNc1nc2ccccc2nc1NCCNc1ccc([N+](=O)[O-])cc1. The number of aliphatic hydroxyl groups is 1. The summed E-state index contributed by atoms with van der Waals surface area (Å²) in [5.74, 6) is 1.18. The summed E-state index contributed by atoms with van der Waals surface area (Å²) >= 11 is 0. The highest BCUT2D eigenvalue weighted by Crippen LogP contribution is 2.21. The van der Waals surface area contributed by atoms with Crippen LogP contribution in [0.15, 0.2) is 48.5 Å². The maximum Gasteiger partial charge on any atom is 0.269 e. The molecule has 0 saturated carbocycles. The van der Waals surface area contributed by atoms with Crippen LogP contribution >= 0.6 is 0 Å². The lowest BCUT2D eigenvalue weighted by Gasteiger charge is -2.14. The van der Waals surface area contributed by atoms with Crippen molar-refractivity contribution in [1.82, 2.24) is 9.97 Å². The molecule has 0 aliphatic carbocycles. The van der Waals surface area contributed by atoms with Crippen molar-refractivity contribution in [3.05, 3.63) is 58.6 Å². The van der Waals surface area contributed by atoms with Crippen molar-refractivity contribution in [2.24, 2.45) is 0 Å². The Morgan fingerprint density at radius 2 is 1.54 bits per heavy atom. The largest absolute Gasteiger partial charge is 0.392 e. The van der Waals surface area contributed by atoms with Gasteiger partial charge in [-0.1, -0.05) is 12.1 Å². The molecule has 3 rings (SSSR count). The molecule has 1 unspecified atom stereocenters. The summed E-state index contributed by atoms with van der Waals surface area (Å²) in [5.41, 5.74) is 2.40. The quantitative estimate of drug-likeness (QED) is 0.253. The fraction of sp³-hybridized carbons (Fsp3) is 0.263. The van der Waals surface area contributed by atoms with E-state index in [9.17, 15) is 15.2 Å². The number of nitrogens with zero attached hydrogens (tertiary/aromatic N) is 3. The molecule has 1 atom stereocenters. The lowest BCUT2D eigenvalue weighted by molar-refractivity contribution is -0.384. The van der Waals surface area contributed by atoms with Crippen molar-refractivity contribution in [1.29, 1.82) is 0 Å². The first-order chi connectivity index (χ1) is 13.5. The van der Waals surface area contributed by atoms with Gasteiger partial charge in [0.2, 0.25) is 0 Å². The average Bonchev–Trinajstić information content (AvgIpc) is 2.69. The van der Waals surface area contributed by atoms with Gasteiger partial charge in [0.25, 0.3) is 5.69 Å². The van der Waals surface area contributed by atoms with Crippen molar-refractivity contribution < 1.29 is 10.0 Å². The van der Waals surface area contributed by atoms with E-state index in [-0.39, 0.29) is 5.69 Å². The lowest BCUT2D eigenvalue weighted by Crippen LogP contribution is -2.19. The second kappa shape index (κ2) is 8.96. The number of nitro benzene ring substituents is 1. The molecule has 146 valence electrons. The molecule has 0 amide bonds. The summed E-state index contributed by atoms with van der Waals surface area (Å²) in [6.45, 7) is 3.21. The van der Waals surface area contributed by atoms with Gasteiger partial charge >= 0.3 is 0 Å². The Bertz CT molecular complexity index is 946. The Hall–Kier alpha value is -3.46. The van der Waals surface area contributed by atoms with E-state index < -0.39 is 11.0 Å². The minimum absolute atomic E-state index is 0.0592. The number of para-hydroxylation sites is 2. The first-order valence-corrected chi connectivity index (χ1v) is 8.94. The normalized spacial score (nSPS) is 11.8. The zero-order chi connectivity index (χ0) is 19.9. The van der Waals surface area contributed by atoms with E-state index in [4.69, 9.17) is 0 Å². The highest BCUT2D eigenvalue weighted by Gasteiger charge is 2.09. The van der Waals surface area contributed by atoms with Crippen LogP contribution in [0.25, 0.3) is 11.0 Å².